The van der Waals surface area contributed by atoms with Crippen LogP contribution in [0.2, 0.25) is 0 Å². The molecule has 2 N–H and O–H groups in total. The molecule has 0 saturated carbocycles. The van der Waals surface area contributed by atoms with E-state index in [1.165, 1.54) is 17.8 Å². The molecule has 116 valence electrons. The number of hydrogen-bond donors (Lipinski definition) is 2. The molecule has 0 fully saturated rings. The van der Waals surface area contributed by atoms with Crippen molar-refractivity contribution in [3.8, 4) is 5.75 Å². The Morgan fingerprint density at radius 1 is 1.23 bits per heavy atom. The third-order valence-corrected chi connectivity index (χ3v) is 3.20. The molecule has 2 aromatic rings. The van der Waals surface area contributed by atoms with Crippen LogP contribution in [0.15, 0.2) is 47.4 Å². The summed E-state index contributed by atoms with van der Waals surface area (Å²) < 4.78 is 5.19. The number of nitrogens with one attached hydrogen (secondary N) is 2. The molecule has 2 rings (SSSR count). The van der Waals surface area contributed by atoms with Crippen molar-refractivity contribution in [3.05, 3.63) is 58.5 Å². The fraction of sp³-hybridized carbons (Fsp3) is 0.294. The zero-order chi connectivity index (χ0) is 15.8. The Kier molecular flexibility index (Phi) is 5.77. The van der Waals surface area contributed by atoms with E-state index in [9.17, 15) is 9.59 Å². The number of rotatable bonds is 7. The second-order valence-electron chi connectivity index (χ2n) is 5.00. The Bertz CT molecular complexity index is 662. The van der Waals surface area contributed by atoms with Gasteiger partial charge in [-0.1, -0.05) is 25.5 Å². The minimum atomic E-state index is -0.351. The number of amides is 1. The number of H-pyrrole nitrogens is 1. The van der Waals surface area contributed by atoms with Gasteiger partial charge in [-0.3, -0.25) is 9.59 Å². The van der Waals surface area contributed by atoms with E-state index in [4.69, 9.17) is 4.74 Å². The first-order chi connectivity index (χ1) is 10.7. The van der Waals surface area contributed by atoms with Crippen LogP contribution in [-0.4, -0.2) is 17.5 Å². The quantitative estimate of drug-likeness (QED) is 0.826. The molecule has 22 heavy (non-hydrogen) atoms. The minimum absolute atomic E-state index is 0.132. The molecule has 1 heterocycles. The van der Waals surface area contributed by atoms with Gasteiger partial charge in [-0.05, 0) is 42.7 Å². The predicted octanol–water partition coefficient (Wildman–Crippen LogP) is 2.74. The molecule has 0 aliphatic carbocycles. The van der Waals surface area contributed by atoms with Crippen molar-refractivity contribution < 1.29 is 9.53 Å². The number of pyridine rings is 1. The summed E-state index contributed by atoms with van der Waals surface area (Å²) in [7, 11) is 0. The van der Waals surface area contributed by atoms with Crippen molar-refractivity contribution in [1.29, 1.82) is 0 Å². The summed E-state index contributed by atoms with van der Waals surface area (Å²) in [6.45, 7) is 1.96. The summed E-state index contributed by atoms with van der Waals surface area (Å²) in [5, 5.41) is 2.74. The van der Waals surface area contributed by atoms with E-state index in [1.54, 1.807) is 6.07 Å². The lowest BCUT2D eigenvalue weighted by Crippen LogP contribution is -2.22. The van der Waals surface area contributed by atoms with E-state index in [0.717, 1.165) is 24.9 Å². The van der Waals surface area contributed by atoms with Crippen molar-refractivity contribution in [1.82, 2.24) is 4.98 Å². The lowest BCUT2D eigenvalue weighted by molar-refractivity contribution is -0.118. The highest BCUT2D eigenvalue weighted by molar-refractivity contribution is 5.91. The van der Waals surface area contributed by atoms with Gasteiger partial charge in [-0.25, -0.2) is 0 Å². The molecule has 0 spiro atoms. The van der Waals surface area contributed by atoms with E-state index >= 15 is 0 Å². The average Bonchev–Trinajstić information content (AvgIpc) is 2.53. The Hall–Kier alpha value is -2.56. The molecule has 0 unspecified atom stereocenters. The van der Waals surface area contributed by atoms with Crippen LogP contribution >= 0.6 is 0 Å². The van der Waals surface area contributed by atoms with Crippen molar-refractivity contribution in [2.45, 2.75) is 26.2 Å². The summed E-state index contributed by atoms with van der Waals surface area (Å²) in [5.74, 6) is -0.169. The van der Waals surface area contributed by atoms with Gasteiger partial charge in [0.15, 0.2) is 12.4 Å². The Morgan fingerprint density at radius 3 is 2.68 bits per heavy atom. The molecular formula is C17H20N2O3. The van der Waals surface area contributed by atoms with Crippen LogP contribution in [0.4, 0.5) is 5.69 Å². The first-order valence-electron chi connectivity index (χ1n) is 7.38. The highest BCUT2D eigenvalue weighted by atomic mass is 16.5. The van der Waals surface area contributed by atoms with Gasteiger partial charge in [0.05, 0.1) is 0 Å². The topological polar surface area (TPSA) is 71.2 Å². The van der Waals surface area contributed by atoms with Gasteiger partial charge in [0, 0.05) is 11.9 Å². The predicted molar refractivity (Wildman–Crippen MR) is 86.2 cm³/mol. The van der Waals surface area contributed by atoms with Gasteiger partial charge in [-0.2, -0.15) is 0 Å². The fourth-order valence-electron chi connectivity index (χ4n) is 2.00. The monoisotopic (exact) mass is 300 g/mol. The van der Waals surface area contributed by atoms with Crippen LogP contribution in [0.5, 0.6) is 5.75 Å². The molecule has 5 nitrogen and oxygen atoms in total. The van der Waals surface area contributed by atoms with E-state index in [0.29, 0.717) is 0 Å². The number of benzene rings is 1. The largest absolute Gasteiger partial charge is 0.478 e. The summed E-state index contributed by atoms with van der Waals surface area (Å²) >= 11 is 0. The smallest absolute Gasteiger partial charge is 0.290 e. The maximum atomic E-state index is 11.8. The standard InChI is InChI=1S/C17H20N2O3/c1-2-3-5-13-7-9-14(10-8-13)19-16(20)12-22-15-6-4-11-18-17(15)21/h4,6-11H,2-3,5,12H2,1H3,(H,18,21)(H,19,20). The highest BCUT2D eigenvalue weighted by Gasteiger charge is 2.05. The van der Waals surface area contributed by atoms with Crippen LogP contribution in [-0.2, 0) is 11.2 Å². The zero-order valence-corrected chi connectivity index (χ0v) is 12.6. The average molecular weight is 300 g/mol. The first-order valence-corrected chi connectivity index (χ1v) is 7.38. The molecule has 0 atom stereocenters. The zero-order valence-electron chi connectivity index (χ0n) is 12.6. The van der Waals surface area contributed by atoms with Gasteiger partial charge < -0.3 is 15.0 Å². The van der Waals surface area contributed by atoms with Crippen molar-refractivity contribution in [3.63, 3.8) is 0 Å². The number of anilines is 1. The van der Waals surface area contributed by atoms with E-state index in [1.807, 2.05) is 24.3 Å². The Morgan fingerprint density at radius 2 is 2.00 bits per heavy atom. The third-order valence-electron chi connectivity index (χ3n) is 3.20. The van der Waals surface area contributed by atoms with Crippen molar-refractivity contribution in [2.75, 3.05) is 11.9 Å². The Balaban J connectivity index is 1.84. The molecule has 0 aliphatic heterocycles. The van der Waals surface area contributed by atoms with Gasteiger partial charge in [0.25, 0.3) is 11.5 Å². The van der Waals surface area contributed by atoms with Crippen molar-refractivity contribution in [2.24, 2.45) is 0 Å². The van der Waals surface area contributed by atoms with Gasteiger partial charge in [0.1, 0.15) is 0 Å². The summed E-state index contributed by atoms with van der Waals surface area (Å²) in [6, 6.07) is 10.9. The second-order valence-corrected chi connectivity index (χ2v) is 5.00. The van der Waals surface area contributed by atoms with E-state index in [-0.39, 0.29) is 23.8 Å². The molecule has 0 saturated heterocycles. The minimum Gasteiger partial charge on any atom is -0.478 e. The number of carbonyl (C=O) groups excluding carboxylic acids is 1. The van der Waals surface area contributed by atoms with Gasteiger partial charge in [0.2, 0.25) is 0 Å². The number of ether oxygens (including phenoxy) is 1. The summed E-state index contributed by atoms with van der Waals surface area (Å²) in [5.41, 5.74) is 1.62. The molecular weight excluding hydrogens is 280 g/mol. The van der Waals surface area contributed by atoms with Gasteiger partial charge >= 0.3 is 0 Å². The summed E-state index contributed by atoms with van der Waals surface area (Å²) in [6.07, 6.45) is 4.87. The van der Waals surface area contributed by atoms with E-state index < -0.39 is 0 Å². The molecule has 0 aliphatic rings. The number of hydrogen-bond acceptors (Lipinski definition) is 3. The maximum absolute atomic E-state index is 11.8. The third kappa shape index (κ3) is 4.77. The number of aryl methyl sites for hydroxylation is 1. The number of aromatic amines is 1. The molecule has 1 amide bonds. The Labute approximate surface area is 129 Å². The second kappa shape index (κ2) is 8.02. The number of aromatic nitrogens is 1. The molecule has 1 aromatic carbocycles. The van der Waals surface area contributed by atoms with Crippen LogP contribution in [0, 0.1) is 0 Å². The maximum Gasteiger partial charge on any atom is 0.290 e. The number of carbonyl (C=O) groups is 1. The lowest BCUT2D eigenvalue weighted by Gasteiger charge is -2.07. The SMILES string of the molecule is CCCCc1ccc(NC(=O)COc2ccc[nH]c2=O)cc1. The fourth-order valence-corrected chi connectivity index (χ4v) is 2.00. The molecule has 0 bridgehead atoms. The lowest BCUT2D eigenvalue weighted by atomic mass is 10.1. The highest BCUT2D eigenvalue weighted by Crippen LogP contribution is 2.11. The van der Waals surface area contributed by atoms with Gasteiger partial charge in [-0.15, -0.1) is 0 Å². The van der Waals surface area contributed by atoms with E-state index in [2.05, 4.69) is 17.2 Å². The van der Waals surface area contributed by atoms with Crippen LogP contribution < -0.4 is 15.6 Å². The first kappa shape index (κ1) is 15.8. The van der Waals surface area contributed by atoms with Crippen LogP contribution in [0.25, 0.3) is 0 Å². The molecule has 5 heteroatoms. The molecule has 0 radical (unpaired) electrons. The summed E-state index contributed by atoms with van der Waals surface area (Å²) in [4.78, 5) is 25.7. The van der Waals surface area contributed by atoms with Crippen LogP contribution in [0.1, 0.15) is 25.3 Å². The normalized spacial score (nSPS) is 10.2. The number of unbranched alkanes of at least 4 members (excludes halogenated alkanes) is 1. The van der Waals surface area contributed by atoms with Crippen LogP contribution in [0.3, 0.4) is 0 Å². The van der Waals surface area contributed by atoms with Crippen molar-refractivity contribution >= 4 is 11.6 Å². The molecule has 1 aromatic heterocycles.